The van der Waals surface area contributed by atoms with Gasteiger partial charge in [-0.05, 0) is 49.6 Å². The lowest BCUT2D eigenvalue weighted by molar-refractivity contribution is 0.102. The molecule has 106 valence electrons. The maximum absolute atomic E-state index is 12.3. The molecule has 1 heterocycles. The summed E-state index contributed by atoms with van der Waals surface area (Å²) in [5.74, 6) is -0.123. The maximum atomic E-state index is 12.3. The zero-order chi connectivity index (χ0) is 14.8. The molecule has 0 fully saturated rings. The van der Waals surface area contributed by atoms with Gasteiger partial charge in [-0.3, -0.25) is 4.79 Å². The van der Waals surface area contributed by atoms with Crippen LogP contribution in [0.4, 0.5) is 5.69 Å². The second-order valence-corrected chi connectivity index (χ2v) is 5.84. The summed E-state index contributed by atoms with van der Waals surface area (Å²) in [6.07, 6.45) is 2.01. The summed E-state index contributed by atoms with van der Waals surface area (Å²) in [6, 6.07) is 15.8. The van der Waals surface area contributed by atoms with Crippen LogP contribution in [0.3, 0.4) is 0 Å². The van der Waals surface area contributed by atoms with Crippen molar-refractivity contribution < 1.29 is 4.79 Å². The van der Waals surface area contributed by atoms with Crippen LogP contribution in [-0.4, -0.2) is 17.1 Å². The molecule has 2 aromatic carbocycles. The number of aromatic nitrogens is 1. The predicted octanol–water partition coefficient (Wildman–Crippen LogP) is 4.45. The number of nitrogens with one attached hydrogen (secondary N) is 2. The molecule has 0 bridgehead atoms. The van der Waals surface area contributed by atoms with E-state index in [4.69, 9.17) is 0 Å². The highest BCUT2D eigenvalue weighted by Crippen LogP contribution is 2.21. The van der Waals surface area contributed by atoms with Crippen molar-refractivity contribution in [3.63, 3.8) is 0 Å². The summed E-state index contributed by atoms with van der Waals surface area (Å²) >= 11 is 1.65. The maximum Gasteiger partial charge on any atom is 0.272 e. The highest BCUT2D eigenvalue weighted by molar-refractivity contribution is 7.98. The topological polar surface area (TPSA) is 44.9 Å². The molecule has 3 nitrogen and oxygen atoms in total. The molecule has 0 aliphatic carbocycles. The van der Waals surface area contributed by atoms with E-state index in [1.165, 1.54) is 5.56 Å². The molecule has 0 saturated heterocycles. The number of carbonyl (C=O) groups is 1. The molecule has 21 heavy (non-hydrogen) atoms. The fourth-order valence-corrected chi connectivity index (χ4v) is 2.73. The van der Waals surface area contributed by atoms with E-state index in [0.29, 0.717) is 5.69 Å². The second-order valence-electron chi connectivity index (χ2n) is 4.96. The van der Waals surface area contributed by atoms with Gasteiger partial charge in [-0.25, -0.2) is 0 Å². The Morgan fingerprint density at radius 1 is 1.14 bits per heavy atom. The molecule has 0 spiro atoms. The van der Waals surface area contributed by atoms with Gasteiger partial charge in [0, 0.05) is 21.5 Å². The first kappa shape index (κ1) is 13.8. The van der Waals surface area contributed by atoms with E-state index in [0.717, 1.165) is 21.5 Å². The molecular weight excluding hydrogens is 280 g/mol. The molecule has 3 rings (SSSR count). The second kappa shape index (κ2) is 5.66. The molecule has 4 heteroatoms. The SMILES string of the molecule is CSc1cccc(NC(=O)c2cc3cc(C)ccc3[nH]2)c1. The summed E-state index contributed by atoms with van der Waals surface area (Å²) < 4.78 is 0. The van der Waals surface area contributed by atoms with E-state index in [9.17, 15) is 4.79 Å². The summed E-state index contributed by atoms with van der Waals surface area (Å²) in [4.78, 5) is 16.6. The summed E-state index contributed by atoms with van der Waals surface area (Å²) in [5.41, 5.74) is 3.54. The third-order valence-electron chi connectivity index (χ3n) is 3.35. The van der Waals surface area contributed by atoms with E-state index in [1.54, 1.807) is 11.8 Å². The van der Waals surface area contributed by atoms with Gasteiger partial charge in [-0.1, -0.05) is 17.7 Å². The number of thioether (sulfide) groups is 1. The lowest BCUT2D eigenvalue weighted by atomic mass is 10.2. The normalized spacial score (nSPS) is 10.8. The molecule has 3 aromatic rings. The molecule has 0 unspecified atom stereocenters. The van der Waals surface area contributed by atoms with Crippen LogP contribution in [0.1, 0.15) is 16.1 Å². The largest absolute Gasteiger partial charge is 0.351 e. The van der Waals surface area contributed by atoms with E-state index >= 15 is 0 Å². The fraction of sp³-hybridized carbons (Fsp3) is 0.118. The standard InChI is InChI=1S/C17H16N2OS/c1-11-6-7-15-12(8-11)9-16(19-15)17(20)18-13-4-3-5-14(10-13)21-2/h3-10,19H,1-2H3,(H,18,20). The Labute approximate surface area is 127 Å². The average molecular weight is 296 g/mol. The van der Waals surface area contributed by atoms with Gasteiger partial charge in [0.25, 0.3) is 5.91 Å². The number of hydrogen-bond acceptors (Lipinski definition) is 2. The number of aromatic amines is 1. The van der Waals surface area contributed by atoms with Crippen LogP contribution in [0.2, 0.25) is 0 Å². The van der Waals surface area contributed by atoms with Crippen molar-refractivity contribution in [2.45, 2.75) is 11.8 Å². The van der Waals surface area contributed by atoms with Gasteiger partial charge in [-0.2, -0.15) is 0 Å². The first-order chi connectivity index (χ1) is 10.2. The highest BCUT2D eigenvalue weighted by Gasteiger charge is 2.10. The minimum atomic E-state index is -0.123. The zero-order valence-corrected chi connectivity index (χ0v) is 12.8. The quantitative estimate of drug-likeness (QED) is 0.701. The van der Waals surface area contributed by atoms with E-state index in [2.05, 4.69) is 16.4 Å². The van der Waals surface area contributed by atoms with Crippen LogP contribution in [0.25, 0.3) is 10.9 Å². The third kappa shape index (κ3) is 2.95. The smallest absolute Gasteiger partial charge is 0.272 e. The molecule has 1 amide bonds. The van der Waals surface area contributed by atoms with Gasteiger partial charge in [0.2, 0.25) is 0 Å². The molecule has 0 aliphatic heterocycles. The third-order valence-corrected chi connectivity index (χ3v) is 4.07. The Morgan fingerprint density at radius 2 is 2.00 bits per heavy atom. The lowest BCUT2D eigenvalue weighted by Gasteiger charge is -2.05. The summed E-state index contributed by atoms with van der Waals surface area (Å²) in [7, 11) is 0. The number of amides is 1. The van der Waals surface area contributed by atoms with Crippen LogP contribution >= 0.6 is 11.8 Å². The highest BCUT2D eigenvalue weighted by atomic mass is 32.2. The van der Waals surface area contributed by atoms with Gasteiger partial charge >= 0.3 is 0 Å². The van der Waals surface area contributed by atoms with Crippen molar-refractivity contribution in [2.24, 2.45) is 0 Å². The number of aryl methyl sites for hydroxylation is 1. The number of benzene rings is 2. The Morgan fingerprint density at radius 3 is 2.81 bits per heavy atom. The number of H-pyrrole nitrogens is 1. The molecule has 0 atom stereocenters. The van der Waals surface area contributed by atoms with Gasteiger partial charge in [0.05, 0.1) is 0 Å². The number of anilines is 1. The van der Waals surface area contributed by atoms with Crippen molar-refractivity contribution in [1.82, 2.24) is 4.98 Å². The number of hydrogen-bond donors (Lipinski definition) is 2. The molecule has 2 N–H and O–H groups in total. The van der Waals surface area contributed by atoms with Crippen LogP contribution < -0.4 is 5.32 Å². The minimum absolute atomic E-state index is 0.123. The van der Waals surface area contributed by atoms with Gasteiger partial charge in [-0.15, -0.1) is 11.8 Å². The molecule has 0 aliphatic rings. The average Bonchev–Trinajstić information content (AvgIpc) is 2.90. The van der Waals surface area contributed by atoms with Crippen molar-refractivity contribution in [3.05, 3.63) is 59.8 Å². The Bertz CT molecular complexity index is 807. The van der Waals surface area contributed by atoms with Gasteiger partial charge in [0.15, 0.2) is 0 Å². The first-order valence-electron chi connectivity index (χ1n) is 6.70. The van der Waals surface area contributed by atoms with E-state index in [1.807, 2.05) is 55.6 Å². The van der Waals surface area contributed by atoms with E-state index < -0.39 is 0 Å². The van der Waals surface area contributed by atoms with Crippen LogP contribution in [0, 0.1) is 6.92 Å². The van der Waals surface area contributed by atoms with Crippen LogP contribution in [0.15, 0.2) is 53.4 Å². The fourth-order valence-electron chi connectivity index (χ4n) is 2.27. The molecular formula is C17H16N2OS. The summed E-state index contributed by atoms with van der Waals surface area (Å²) in [6.45, 7) is 2.04. The Kier molecular flexibility index (Phi) is 3.71. The van der Waals surface area contributed by atoms with E-state index in [-0.39, 0.29) is 5.91 Å². The molecule has 1 aromatic heterocycles. The monoisotopic (exact) mass is 296 g/mol. The molecule has 0 saturated carbocycles. The van der Waals surface area contributed by atoms with Crippen molar-refractivity contribution in [1.29, 1.82) is 0 Å². The summed E-state index contributed by atoms with van der Waals surface area (Å²) in [5, 5.41) is 3.98. The Balaban J connectivity index is 1.86. The van der Waals surface area contributed by atoms with Crippen LogP contribution in [-0.2, 0) is 0 Å². The van der Waals surface area contributed by atoms with Crippen LogP contribution in [0.5, 0.6) is 0 Å². The molecule has 0 radical (unpaired) electrons. The van der Waals surface area contributed by atoms with Crippen molar-refractivity contribution in [3.8, 4) is 0 Å². The van der Waals surface area contributed by atoms with Crippen molar-refractivity contribution in [2.75, 3.05) is 11.6 Å². The predicted molar refractivity (Wildman–Crippen MR) is 89.2 cm³/mol. The van der Waals surface area contributed by atoms with Gasteiger partial charge < -0.3 is 10.3 Å². The number of carbonyl (C=O) groups excluding carboxylic acids is 1. The lowest BCUT2D eigenvalue weighted by Crippen LogP contribution is -2.12. The number of fused-ring (bicyclic) bond motifs is 1. The Hall–Kier alpha value is -2.20. The van der Waals surface area contributed by atoms with Crippen molar-refractivity contribution >= 4 is 34.3 Å². The first-order valence-corrected chi connectivity index (χ1v) is 7.93. The zero-order valence-electron chi connectivity index (χ0n) is 11.9. The minimum Gasteiger partial charge on any atom is -0.351 e. The van der Waals surface area contributed by atoms with Gasteiger partial charge in [0.1, 0.15) is 5.69 Å². The number of rotatable bonds is 3.